The maximum absolute atomic E-state index is 12.9. The molecule has 0 aromatic rings. The van der Waals surface area contributed by atoms with E-state index in [9.17, 15) is 4.79 Å². The summed E-state index contributed by atoms with van der Waals surface area (Å²) in [6.45, 7) is 9.29. The Morgan fingerprint density at radius 1 is 1.13 bits per heavy atom. The zero-order chi connectivity index (χ0) is 27.8. The van der Waals surface area contributed by atoms with Crippen molar-refractivity contribution < 1.29 is 32.8 Å². The second kappa shape index (κ2) is 15.2. The third-order valence-electron chi connectivity index (χ3n) is 7.73. The number of epoxide rings is 1. The van der Waals surface area contributed by atoms with E-state index in [2.05, 4.69) is 57.6 Å². The van der Waals surface area contributed by atoms with Crippen LogP contribution in [0.3, 0.4) is 0 Å². The summed E-state index contributed by atoms with van der Waals surface area (Å²) in [5.74, 6) is 0.0346. The molecule has 0 aliphatic carbocycles. The minimum absolute atomic E-state index is 0.0342. The lowest BCUT2D eigenvalue weighted by Crippen LogP contribution is -2.33. The molecule has 0 saturated carbocycles. The van der Waals surface area contributed by atoms with Gasteiger partial charge in [0.2, 0.25) is 0 Å². The van der Waals surface area contributed by atoms with E-state index in [-0.39, 0.29) is 36.6 Å². The van der Waals surface area contributed by atoms with E-state index in [0.717, 1.165) is 31.3 Å². The van der Waals surface area contributed by atoms with Crippen molar-refractivity contribution in [2.24, 2.45) is 5.92 Å². The first-order valence-corrected chi connectivity index (χ1v) is 15.0. The zero-order valence-corrected chi connectivity index (χ0v) is 25.4. The molecule has 4 rings (SSSR count). The Kier molecular flexibility index (Phi) is 12.0. The van der Waals surface area contributed by atoms with Crippen LogP contribution >= 0.6 is 18.9 Å². The molecule has 39 heavy (non-hydrogen) atoms. The van der Waals surface area contributed by atoms with Gasteiger partial charge in [-0.25, -0.2) is 4.79 Å². The lowest BCUT2D eigenvalue weighted by atomic mass is 9.91. The number of fused-ring (bicyclic) bond motifs is 3. The summed E-state index contributed by atoms with van der Waals surface area (Å²) in [6.07, 6.45) is 17.7. The van der Waals surface area contributed by atoms with Crippen molar-refractivity contribution in [3.63, 3.8) is 0 Å². The molecule has 0 spiro atoms. The van der Waals surface area contributed by atoms with Crippen molar-refractivity contribution in [3.05, 3.63) is 60.3 Å². The Morgan fingerprint density at radius 2 is 1.97 bits per heavy atom. The molecule has 4 heterocycles. The normalized spacial score (nSPS) is 38.2. The molecular weight excluding hydrogens is 534 g/mol. The highest BCUT2D eigenvalue weighted by Gasteiger charge is 2.47. The molecule has 0 radical (unpaired) electrons. The van der Waals surface area contributed by atoms with Crippen molar-refractivity contribution >= 4 is 24.9 Å². The molecule has 4 aliphatic rings. The fourth-order valence-electron chi connectivity index (χ4n) is 5.68. The third-order valence-corrected chi connectivity index (χ3v) is 8.39. The van der Waals surface area contributed by atoms with Crippen LogP contribution in [0.1, 0.15) is 58.8 Å². The van der Waals surface area contributed by atoms with Crippen LogP contribution in [0.2, 0.25) is 0 Å². The predicted molar refractivity (Wildman–Crippen MR) is 158 cm³/mol. The average Bonchev–Trinajstić information content (AvgIpc) is 3.66. The number of ether oxygens (including phenoxy) is 4. The van der Waals surface area contributed by atoms with Gasteiger partial charge in [-0.05, 0) is 51.4 Å². The van der Waals surface area contributed by atoms with E-state index >= 15 is 0 Å². The number of esters is 1. The molecule has 11 atom stereocenters. The fraction of sp³-hybridized carbons (Fsp3) is 0.633. The summed E-state index contributed by atoms with van der Waals surface area (Å²) < 4.78 is 35.6. The Bertz CT molecular complexity index is 961. The molecule has 216 valence electrons. The van der Waals surface area contributed by atoms with E-state index in [1.807, 2.05) is 18.2 Å². The van der Waals surface area contributed by atoms with Crippen LogP contribution in [0.5, 0.6) is 0 Å². The molecule has 0 aromatic heterocycles. The summed E-state index contributed by atoms with van der Waals surface area (Å²) in [5, 5.41) is 0. The predicted octanol–water partition coefficient (Wildman–Crippen LogP) is 5.73. The molecule has 2 bridgehead atoms. The van der Waals surface area contributed by atoms with E-state index < -0.39 is 18.2 Å². The summed E-state index contributed by atoms with van der Waals surface area (Å²) in [4.78, 5) is 12.9. The van der Waals surface area contributed by atoms with Gasteiger partial charge >= 0.3 is 5.97 Å². The van der Waals surface area contributed by atoms with Crippen molar-refractivity contribution in [2.75, 3.05) is 6.61 Å². The number of carbonyl (C=O) groups excluding carboxylic acids is 1. The van der Waals surface area contributed by atoms with Crippen LogP contribution in [0.15, 0.2) is 60.3 Å². The monoisotopic (exact) mass is 578 g/mol. The van der Waals surface area contributed by atoms with Crippen molar-refractivity contribution in [1.29, 1.82) is 0 Å². The average molecular weight is 579 g/mol. The van der Waals surface area contributed by atoms with Gasteiger partial charge in [0.05, 0.1) is 37.1 Å². The van der Waals surface area contributed by atoms with E-state index in [1.54, 1.807) is 0 Å². The minimum atomic E-state index is -0.548. The van der Waals surface area contributed by atoms with E-state index in [4.69, 9.17) is 28.0 Å². The lowest BCUT2D eigenvalue weighted by molar-refractivity contribution is -0.146. The molecule has 1 fully saturated rings. The van der Waals surface area contributed by atoms with Crippen LogP contribution < -0.4 is 0 Å². The Hall–Kier alpha value is -1.17. The fourth-order valence-corrected chi connectivity index (χ4v) is 6.19. The summed E-state index contributed by atoms with van der Waals surface area (Å²) >= 11 is 0. The molecule has 2 unspecified atom stereocenters. The summed E-state index contributed by atoms with van der Waals surface area (Å²) in [5.41, 5.74) is 2.44. The molecule has 7 nitrogen and oxygen atoms in total. The largest absolute Gasteiger partial charge is 0.456 e. The van der Waals surface area contributed by atoms with Gasteiger partial charge in [-0.2, -0.15) is 0 Å². The van der Waals surface area contributed by atoms with Crippen LogP contribution in [0, 0.1) is 5.92 Å². The van der Waals surface area contributed by atoms with Gasteiger partial charge in [0.1, 0.15) is 18.3 Å². The van der Waals surface area contributed by atoms with Gasteiger partial charge in [0.25, 0.3) is 0 Å². The zero-order valence-electron chi connectivity index (χ0n) is 23.1. The molecule has 0 aromatic carbocycles. The van der Waals surface area contributed by atoms with Crippen LogP contribution in [0.4, 0.5) is 0 Å². The highest BCUT2D eigenvalue weighted by molar-refractivity contribution is 7.10. The smallest absolute Gasteiger partial charge is 0.330 e. The molecular formula is C30H44O7P2. The van der Waals surface area contributed by atoms with Gasteiger partial charge in [-0.3, -0.25) is 0 Å². The number of carbonyl (C=O) groups is 1. The minimum Gasteiger partial charge on any atom is -0.456 e. The second-order valence-electron chi connectivity index (χ2n) is 11.2. The standard InChI is InChI=1S/C30H44O7P2/c1-19-12-13-32-23(15-19)10-11-25(36-38)26-18-27-30(35-27)28(37-39)17-21(3)14-20(2)16-24-8-4-6-22(33-24)7-5-9-29(31)34-26/h4-6,9-12,20,22-28,30H,3,7-8,13-18,38-39H2,1-2H3/b9-5-,11-10+/t20-,22-,23+,24-,25-,26-,27-,28-,30+/m0/s1. The summed E-state index contributed by atoms with van der Waals surface area (Å²) in [7, 11) is 4.69. The molecule has 0 amide bonds. The maximum Gasteiger partial charge on any atom is 0.330 e. The van der Waals surface area contributed by atoms with Gasteiger partial charge in [0.15, 0.2) is 0 Å². The van der Waals surface area contributed by atoms with Gasteiger partial charge in [-0.15, -0.1) is 0 Å². The number of rotatable bonds is 5. The molecule has 4 aliphatic heterocycles. The quantitative estimate of drug-likeness (QED) is 0.178. The highest BCUT2D eigenvalue weighted by atomic mass is 31.0. The Morgan fingerprint density at radius 3 is 2.74 bits per heavy atom. The lowest BCUT2D eigenvalue weighted by Gasteiger charge is -2.28. The van der Waals surface area contributed by atoms with Crippen molar-refractivity contribution in [2.45, 2.75) is 108 Å². The summed E-state index contributed by atoms with van der Waals surface area (Å²) in [6, 6.07) is 0. The second-order valence-corrected chi connectivity index (χ2v) is 11.8. The third kappa shape index (κ3) is 9.71. The Labute approximate surface area is 238 Å². The number of hydrogen-bond donors (Lipinski definition) is 0. The molecule has 1 saturated heterocycles. The first-order chi connectivity index (χ1) is 18.8. The van der Waals surface area contributed by atoms with Crippen LogP contribution in [0.25, 0.3) is 0 Å². The first kappa shape index (κ1) is 30.8. The maximum atomic E-state index is 12.9. The Balaban J connectivity index is 1.49. The molecule has 9 heteroatoms. The molecule has 0 N–H and O–H groups in total. The topological polar surface area (TPSA) is 75.8 Å². The van der Waals surface area contributed by atoms with Gasteiger partial charge < -0.3 is 28.0 Å². The number of cyclic esters (lactones) is 1. The first-order valence-electron chi connectivity index (χ1n) is 14.0. The van der Waals surface area contributed by atoms with Crippen LogP contribution in [-0.4, -0.2) is 61.4 Å². The van der Waals surface area contributed by atoms with E-state index in [1.165, 1.54) is 11.6 Å². The SMILES string of the molecule is C=C1C[C@H](C)C[C@@H]2CC=C[C@@H](C/C=C\C(=O)O[C@H]([C@H](/C=C/[C@@H]3CC(C)=CCO3)OP)C[C@@H]3O[C@H]3[C@@H](OP)C1)O2. The van der Waals surface area contributed by atoms with E-state index in [0.29, 0.717) is 31.8 Å². The highest BCUT2D eigenvalue weighted by Crippen LogP contribution is 2.37. The van der Waals surface area contributed by atoms with Gasteiger partial charge in [0, 0.05) is 31.4 Å². The number of hydrogen-bond acceptors (Lipinski definition) is 7. The van der Waals surface area contributed by atoms with Gasteiger partial charge in [-0.1, -0.05) is 61.1 Å². The van der Waals surface area contributed by atoms with Crippen molar-refractivity contribution in [1.82, 2.24) is 0 Å². The van der Waals surface area contributed by atoms with Crippen molar-refractivity contribution in [3.8, 4) is 0 Å². The van der Waals surface area contributed by atoms with Crippen LogP contribution in [-0.2, 0) is 32.8 Å².